The number of rotatable bonds is 6. The molecule has 1 aromatic carbocycles. The van der Waals surface area contributed by atoms with Crippen LogP contribution in [0.1, 0.15) is 19.0 Å². The third kappa shape index (κ3) is 4.37. The molecule has 1 heterocycles. The first-order valence-corrected chi connectivity index (χ1v) is 8.58. The summed E-state index contributed by atoms with van der Waals surface area (Å²) < 4.78 is 7.31. The van der Waals surface area contributed by atoms with Crippen LogP contribution in [0.3, 0.4) is 0 Å². The average molecular weight is 462 g/mol. The lowest BCUT2D eigenvalue weighted by Gasteiger charge is -2.12. The van der Waals surface area contributed by atoms with Gasteiger partial charge in [0, 0.05) is 23.7 Å². The van der Waals surface area contributed by atoms with Gasteiger partial charge in [-0.25, -0.2) is 9.97 Å². The number of ether oxygens (including phenoxy) is 1. The summed E-state index contributed by atoms with van der Waals surface area (Å²) >= 11 is 5.71. The van der Waals surface area contributed by atoms with Crippen LogP contribution in [-0.2, 0) is 11.3 Å². The van der Waals surface area contributed by atoms with Crippen LogP contribution < -0.4 is 5.32 Å². The Morgan fingerprint density at radius 1 is 1.24 bits per heavy atom. The van der Waals surface area contributed by atoms with Crippen LogP contribution in [0, 0.1) is 3.57 Å². The zero-order valence-corrected chi connectivity index (χ0v) is 15.7. The largest absolute Gasteiger partial charge is 0.378 e. The molecule has 21 heavy (non-hydrogen) atoms. The highest BCUT2D eigenvalue weighted by Gasteiger charge is 2.13. The van der Waals surface area contributed by atoms with Crippen molar-refractivity contribution in [1.82, 2.24) is 9.97 Å². The smallest absolute Gasteiger partial charge is 0.161 e. The van der Waals surface area contributed by atoms with Crippen LogP contribution in [0.15, 0.2) is 28.7 Å². The van der Waals surface area contributed by atoms with Crippen molar-refractivity contribution in [3.05, 3.63) is 38.0 Å². The van der Waals surface area contributed by atoms with Gasteiger partial charge < -0.3 is 10.1 Å². The molecule has 0 fully saturated rings. The van der Waals surface area contributed by atoms with Gasteiger partial charge in [-0.15, -0.1) is 0 Å². The van der Waals surface area contributed by atoms with Crippen LogP contribution in [0.2, 0.25) is 0 Å². The quantitative estimate of drug-likeness (QED) is 0.644. The molecule has 0 aliphatic rings. The van der Waals surface area contributed by atoms with Crippen LogP contribution >= 0.6 is 38.5 Å². The van der Waals surface area contributed by atoms with Crippen LogP contribution in [-0.4, -0.2) is 23.6 Å². The molecule has 0 saturated carbocycles. The summed E-state index contributed by atoms with van der Waals surface area (Å²) in [5.74, 6) is 1.59. The summed E-state index contributed by atoms with van der Waals surface area (Å²) in [6, 6.07) is 8.00. The maximum atomic E-state index is 5.25. The maximum Gasteiger partial charge on any atom is 0.161 e. The van der Waals surface area contributed by atoms with Crippen molar-refractivity contribution < 1.29 is 4.74 Å². The van der Waals surface area contributed by atoms with Crippen molar-refractivity contribution in [2.75, 3.05) is 19.0 Å². The first-order valence-electron chi connectivity index (χ1n) is 6.70. The summed E-state index contributed by atoms with van der Waals surface area (Å²) in [7, 11) is 1.68. The Kier molecular flexibility index (Phi) is 6.38. The first kappa shape index (κ1) is 16.6. The monoisotopic (exact) mass is 461 g/mol. The Labute approximate surface area is 147 Å². The maximum absolute atomic E-state index is 5.25. The van der Waals surface area contributed by atoms with E-state index >= 15 is 0 Å². The minimum absolute atomic E-state index is 0.477. The van der Waals surface area contributed by atoms with Gasteiger partial charge in [0.15, 0.2) is 5.82 Å². The molecule has 1 N–H and O–H groups in total. The van der Waals surface area contributed by atoms with Crippen LogP contribution in [0.5, 0.6) is 0 Å². The third-order valence-electron chi connectivity index (χ3n) is 2.85. The summed E-state index contributed by atoms with van der Waals surface area (Å²) in [5, 5.41) is 3.36. The lowest BCUT2D eigenvalue weighted by molar-refractivity contribution is 0.181. The topological polar surface area (TPSA) is 47.0 Å². The number of anilines is 1. The summed E-state index contributed by atoms with van der Waals surface area (Å²) in [5.41, 5.74) is 1.90. The van der Waals surface area contributed by atoms with E-state index in [0.29, 0.717) is 12.4 Å². The second-order valence-corrected chi connectivity index (χ2v) is 6.52. The van der Waals surface area contributed by atoms with E-state index in [1.54, 1.807) is 7.11 Å². The van der Waals surface area contributed by atoms with E-state index in [9.17, 15) is 0 Å². The number of nitrogens with one attached hydrogen (secondary N) is 1. The Balaban J connectivity index is 2.44. The molecular weight excluding hydrogens is 445 g/mol. The molecule has 0 aliphatic carbocycles. The predicted molar refractivity (Wildman–Crippen MR) is 97.4 cm³/mol. The minimum Gasteiger partial charge on any atom is -0.378 e. The number of benzene rings is 1. The van der Waals surface area contributed by atoms with Gasteiger partial charge in [-0.1, -0.05) is 35.0 Å². The van der Waals surface area contributed by atoms with Crippen molar-refractivity contribution in [2.24, 2.45) is 0 Å². The van der Waals surface area contributed by atoms with Crippen molar-refractivity contribution >= 4 is 44.3 Å². The van der Waals surface area contributed by atoms with Gasteiger partial charge >= 0.3 is 0 Å². The summed E-state index contributed by atoms with van der Waals surface area (Å²) in [6.45, 7) is 3.50. The van der Waals surface area contributed by atoms with Gasteiger partial charge in [-0.05, 0) is 41.1 Å². The zero-order valence-electron chi connectivity index (χ0n) is 12.0. The standard InChI is InChI=1S/C15H17BrIN3O/c1-3-8-18-15-13(17)12(9-21-2)19-14(20-15)10-4-6-11(16)7-5-10/h4-7H,3,8-9H2,1-2H3,(H,18,19,20). The highest BCUT2D eigenvalue weighted by Crippen LogP contribution is 2.25. The molecule has 0 bridgehead atoms. The SMILES string of the molecule is CCCNc1nc(-c2ccc(Br)cc2)nc(COC)c1I. The highest BCUT2D eigenvalue weighted by atomic mass is 127. The molecule has 6 heteroatoms. The van der Waals surface area contributed by atoms with E-state index in [1.807, 2.05) is 24.3 Å². The second-order valence-electron chi connectivity index (χ2n) is 4.52. The van der Waals surface area contributed by atoms with Crippen LogP contribution in [0.4, 0.5) is 5.82 Å². The van der Waals surface area contributed by atoms with E-state index in [4.69, 9.17) is 4.74 Å². The molecule has 0 saturated heterocycles. The second kappa shape index (κ2) is 8.05. The fraction of sp³-hybridized carbons (Fsp3) is 0.333. The number of hydrogen-bond acceptors (Lipinski definition) is 4. The Morgan fingerprint density at radius 2 is 1.95 bits per heavy atom. The average Bonchev–Trinajstić information content (AvgIpc) is 2.49. The van der Waals surface area contributed by atoms with E-state index in [-0.39, 0.29) is 0 Å². The molecule has 0 atom stereocenters. The molecule has 0 spiro atoms. The van der Waals surface area contributed by atoms with Crippen molar-refractivity contribution in [1.29, 1.82) is 0 Å². The van der Waals surface area contributed by atoms with Gasteiger partial charge in [0.05, 0.1) is 15.9 Å². The molecule has 0 radical (unpaired) electrons. The molecule has 112 valence electrons. The van der Waals surface area contributed by atoms with E-state index in [0.717, 1.165) is 38.1 Å². The fourth-order valence-electron chi connectivity index (χ4n) is 1.81. The molecule has 2 rings (SSSR count). The number of nitrogens with zero attached hydrogens (tertiary/aromatic N) is 2. The van der Waals surface area contributed by atoms with Gasteiger partial charge in [0.1, 0.15) is 5.82 Å². The number of aromatic nitrogens is 2. The van der Waals surface area contributed by atoms with Crippen molar-refractivity contribution in [2.45, 2.75) is 20.0 Å². The predicted octanol–water partition coefficient (Wildman–Crippen LogP) is 4.48. The third-order valence-corrected chi connectivity index (χ3v) is 4.51. The Hall–Kier alpha value is -0.730. The fourth-order valence-corrected chi connectivity index (χ4v) is 2.67. The van der Waals surface area contributed by atoms with Gasteiger partial charge in [-0.3, -0.25) is 0 Å². The van der Waals surface area contributed by atoms with E-state index in [1.165, 1.54) is 0 Å². The van der Waals surface area contributed by atoms with Crippen LogP contribution in [0.25, 0.3) is 11.4 Å². The van der Waals surface area contributed by atoms with Crippen molar-refractivity contribution in [3.63, 3.8) is 0 Å². The molecule has 1 aromatic heterocycles. The highest BCUT2D eigenvalue weighted by molar-refractivity contribution is 14.1. The number of halogens is 2. The van der Waals surface area contributed by atoms with Gasteiger partial charge in [0.2, 0.25) is 0 Å². The van der Waals surface area contributed by atoms with E-state index in [2.05, 4.69) is 60.7 Å². The Bertz CT molecular complexity index is 605. The normalized spacial score (nSPS) is 10.7. The minimum atomic E-state index is 0.477. The molecule has 2 aromatic rings. The number of methoxy groups -OCH3 is 1. The molecular formula is C15H17BrIN3O. The van der Waals surface area contributed by atoms with Gasteiger partial charge in [-0.2, -0.15) is 0 Å². The lowest BCUT2D eigenvalue weighted by atomic mass is 10.2. The zero-order chi connectivity index (χ0) is 15.2. The van der Waals surface area contributed by atoms with Crippen molar-refractivity contribution in [3.8, 4) is 11.4 Å². The lowest BCUT2D eigenvalue weighted by Crippen LogP contribution is -2.09. The van der Waals surface area contributed by atoms with E-state index < -0.39 is 0 Å². The molecule has 0 unspecified atom stereocenters. The number of hydrogen-bond donors (Lipinski definition) is 1. The molecule has 0 aliphatic heterocycles. The summed E-state index contributed by atoms with van der Waals surface area (Å²) in [6.07, 6.45) is 1.05. The molecule has 4 nitrogen and oxygen atoms in total. The van der Waals surface area contributed by atoms with Gasteiger partial charge in [0.25, 0.3) is 0 Å². The molecule has 0 amide bonds. The Morgan fingerprint density at radius 3 is 2.57 bits per heavy atom. The first-order chi connectivity index (χ1) is 10.2. The summed E-state index contributed by atoms with van der Waals surface area (Å²) in [4.78, 5) is 9.28.